The third-order valence-electron chi connectivity index (χ3n) is 21.5. The number of nitrogens with zero attached hydrogens (tertiary/aromatic N) is 9. The Bertz CT molecular complexity index is 5200. The Morgan fingerprint density at radius 1 is 0.504 bits per heavy atom. The van der Waals surface area contributed by atoms with E-state index in [0.29, 0.717) is 51.7 Å². The number of amides is 6. The second-order valence-corrected chi connectivity index (χ2v) is 29.3. The largest absolute Gasteiger partial charge is 0.457 e. The van der Waals surface area contributed by atoms with Gasteiger partial charge in [0, 0.05) is 99.8 Å². The Balaban J connectivity index is 0.000000141. The molecule has 28 heteroatoms. The lowest BCUT2D eigenvalue weighted by atomic mass is 9.79. The van der Waals surface area contributed by atoms with E-state index in [1.807, 2.05) is 73.8 Å². The minimum atomic E-state index is -0.624. The average molecular weight is 1530 g/mol. The Kier molecular flexibility index (Phi) is 27.5. The number of fused-ring (bicyclic) bond motifs is 4. The second-order valence-electron chi connectivity index (χ2n) is 29.3. The first kappa shape index (κ1) is 80.8. The topological polar surface area (TPSA) is 386 Å². The summed E-state index contributed by atoms with van der Waals surface area (Å²) in [7, 11) is 0. The van der Waals surface area contributed by atoms with Gasteiger partial charge in [0.05, 0.1) is 38.8 Å². The van der Waals surface area contributed by atoms with Gasteiger partial charge >= 0.3 is 0 Å². The molecule has 586 valence electrons. The average Bonchev–Trinajstić information content (AvgIpc) is 0.820. The predicted molar refractivity (Wildman–Crippen MR) is 430 cm³/mol. The van der Waals surface area contributed by atoms with Crippen LogP contribution >= 0.6 is 0 Å². The fraction of sp³-hybridized carbons (Fsp3) is 0.329. The maximum Gasteiger partial charge on any atom is 0.293 e. The molecule has 28 nitrogen and oxygen atoms in total. The molecular weight excluding hydrogens is 1440 g/mol. The fourth-order valence-electron chi connectivity index (χ4n) is 14.5. The van der Waals surface area contributed by atoms with E-state index >= 15 is 0 Å². The first-order valence-corrected chi connectivity index (χ1v) is 38.3. The molecule has 0 saturated carbocycles. The van der Waals surface area contributed by atoms with Crippen LogP contribution in [0.25, 0.3) is 65.9 Å². The number of hydrogen-bond acceptors (Lipinski definition) is 22. The number of carbonyl (C=O) groups is 6. The van der Waals surface area contributed by atoms with Crippen LogP contribution in [0.4, 0.5) is 11.6 Å². The van der Waals surface area contributed by atoms with E-state index in [0.717, 1.165) is 170 Å². The third kappa shape index (κ3) is 21.3. The maximum absolute atomic E-state index is 13.0. The van der Waals surface area contributed by atoms with Gasteiger partial charge in [-0.3, -0.25) is 69.5 Å². The van der Waals surface area contributed by atoms with Crippen LogP contribution in [-0.2, 0) is 16.0 Å². The SMILES string of the molecule is CC(C)N1CCC(C(=O)Nc2cc(Oc3ccc4cc(C(=O)NO)cnc4c3)ccn2)CC1.CCN1CCC(C)(C(=O)Nc2cc(-c3ccc4cc(C(=O)NO)cnc4c3)ccn2)CC1.O=C(NO)c1ccc2cc(-c3ccnc(C4CCNCC4)c3)ccc2n1.O=C(NO)c1cnc2cc(CCC3CCNCC3)ccc2c1. The Labute approximate surface area is 653 Å². The summed E-state index contributed by atoms with van der Waals surface area (Å²) in [5.41, 5.74) is 16.6. The van der Waals surface area contributed by atoms with E-state index in [4.69, 9.17) is 25.6 Å². The Morgan fingerprint density at radius 2 is 1.02 bits per heavy atom. The number of hydroxylamine groups is 4. The van der Waals surface area contributed by atoms with Gasteiger partial charge in [0.1, 0.15) is 28.8 Å². The van der Waals surface area contributed by atoms with Crippen molar-refractivity contribution in [2.45, 2.75) is 104 Å². The lowest BCUT2D eigenvalue weighted by molar-refractivity contribution is -0.127. The molecule has 4 aliphatic heterocycles. The highest BCUT2D eigenvalue weighted by Crippen LogP contribution is 2.35. The molecule has 12 N–H and O–H groups in total. The molecule has 6 amide bonds. The number of aryl methyl sites for hydroxylation is 1. The van der Waals surface area contributed by atoms with E-state index in [2.05, 4.69) is 111 Å². The third-order valence-corrected chi connectivity index (χ3v) is 21.5. The highest BCUT2D eigenvalue weighted by molar-refractivity contribution is 6.00. The molecule has 7 aromatic heterocycles. The Hall–Kier alpha value is -11.7. The van der Waals surface area contributed by atoms with Crippen LogP contribution in [-0.4, -0.2) is 166 Å². The summed E-state index contributed by atoms with van der Waals surface area (Å²) < 4.78 is 5.94. The molecule has 0 atom stereocenters. The molecule has 11 heterocycles. The van der Waals surface area contributed by atoms with Gasteiger partial charge in [-0.25, -0.2) is 36.9 Å². The van der Waals surface area contributed by atoms with Crippen LogP contribution in [0.15, 0.2) is 177 Å². The summed E-state index contributed by atoms with van der Waals surface area (Å²) in [5.74, 6) is 0.985. The number of piperidine rings is 4. The van der Waals surface area contributed by atoms with Crippen LogP contribution in [0.3, 0.4) is 0 Å². The van der Waals surface area contributed by atoms with Crippen molar-refractivity contribution in [3.63, 3.8) is 0 Å². The summed E-state index contributed by atoms with van der Waals surface area (Å²) in [6.45, 7) is 17.6. The first-order valence-electron chi connectivity index (χ1n) is 38.3. The lowest BCUT2D eigenvalue weighted by Gasteiger charge is -2.37. The molecule has 0 aliphatic carbocycles. The number of pyridine rings is 7. The minimum absolute atomic E-state index is 0.00719. The van der Waals surface area contributed by atoms with Crippen molar-refractivity contribution in [3.05, 3.63) is 210 Å². The van der Waals surface area contributed by atoms with E-state index in [1.54, 1.807) is 88.9 Å². The van der Waals surface area contributed by atoms with Crippen LogP contribution in [0, 0.1) is 17.3 Å². The van der Waals surface area contributed by atoms with Crippen molar-refractivity contribution in [2.24, 2.45) is 17.3 Å². The van der Waals surface area contributed by atoms with Gasteiger partial charge in [0.2, 0.25) is 11.8 Å². The van der Waals surface area contributed by atoms with Crippen molar-refractivity contribution in [3.8, 4) is 33.8 Å². The number of anilines is 2. The molecular formula is C85H95N17O11. The molecule has 0 unspecified atom stereocenters. The lowest BCUT2D eigenvalue weighted by Crippen LogP contribution is -2.44. The molecule has 0 spiro atoms. The molecule has 11 aromatic rings. The van der Waals surface area contributed by atoms with Gasteiger partial charge in [0.25, 0.3) is 23.6 Å². The summed E-state index contributed by atoms with van der Waals surface area (Å²) in [5, 5.41) is 51.0. The fourth-order valence-corrected chi connectivity index (χ4v) is 14.5. The van der Waals surface area contributed by atoms with Crippen LogP contribution < -0.4 is 47.9 Å². The summed E-state index contributed by atoms with van der Waals surface area (Å²) in [6.07, 6.45) is 19.8. The number of aromatic nitrogens is 7. The maximum atomic E-state index is 13.0. The number of hydrogen-bond donors (Lipinski definition) is 12. The highest BCUT2D eigenvalue weighted by atomic mass is 16.5. The van der Waals surface area contributed by atoms with Gasteiger partial charge < -0.3 is 35.8 Å². The predicted octanol–water partition coefficient (Wildman–Crippen LogP) is 12.2. The van der Waals surface area contributed by atoms with Crippen molar-refractivity contribution < 1.29 is 54.3 Å². The molecule has 113 heavy (non-hydrogen) atoms. The zero-order valence-electron chi connectivity index (χ0n) is 63.7. The highest BCUT2D eigenvalue weighted by Gasteiger charge is 2.37. The van der Waals surface area contributed by atoms with Gasteiger partial charge in [0.15, 0.2) is 0 Å². The summed E-state index contributed by atoms with van der Waals surface area (Å²) in [6, 6.07) is 43.4. The summed E-state index contributed by atoms with van der Waals surface area (Å²) in [4.78, 5) is 107. The number of rotatable bonds is 18. The number of benzene rings is 4. The van der Waals surface area contributed by atoms with Crippen LogP contribution in [0.1, 0.15) is 144 Å². The first-order chi connectivity index (χ1) is 54.8. The van der Waals surface area contributed by atoms with E-state index in [1.165, 1.54) is 43.4 Å². The van der Waals surface area contributed by atoms with Crippen LogP contribution in [0.5, 0.6) is 11.5 Å². The van der Waals surface area contributed by atoms with Gasteiger partial charge in [-0.05, 0) is 262 Å². The van der Waals surface area contributed by atoms with Gasteiger partial charge in [-0.15, -0.1) is 0 Å². The zero-order chi connectivity index (χ0) is 79.4. The van der Waals surface area contributed by atoms with E-state index in [-0.39, 0.29) is 34.6 Å². The molecule has 0 radical (unpaired) electrons. The van der Waals surface area contributed by atoms with Crippen LogP contribution in [0.2, 0.25) is 0 Å². The van der Waals surface area contributed by atoms with Gasteiger partial charge in [-0.1, -0.05) is 50.2 Å². The smallest absolute Gasteiger partial charge is 0.293 e. The molecule has 4 saturated heterocycles. The standard InChI is InChI=1S/C24H27N5O4.C24H27N5O3.C20H20N4O2.C17H21N3O2/c1-15(2)29-9-6-16(7-10-29)23(30)27-22-13-20(5-8-25-22)33-19-4-3-17-11-18(24(31)28-32)14-26-21(17)12-19;1-3-29-10-7-24(2,8-11-29)23(31)27-21-14-17(6-9-25-21)16-4-5-18-12-19(22(30)28-32)15-26-20(18)13-16;25-20(24-26)18-4-2-16-11-14(1-3-17(16)23-18)15-7-10-22-19(12-15)13-5-8-21-9-6-13;21-17(20-22)15-10-14-4-3-13(9-16(14)19-11-15)2-1-12-5-7-18-8-6-12/h3-5,8,11-16,32H,6-7,9-10H2,1-2H3,(H,28,31)(H,25,27,30);4-6,9,12-15,32H,3,7-8,10-11H2,1-2H3,(H,28,30)(H,25,27,31);1-4,7,10-13,21,26H,5-6,8-9H2,(H,24,25);3-4,9-12,18,22H,1-2,5-8H2,(H,20,21). The molecule has 0 bridgehead atoms. The monoisotopic (exact) mass is 1530 g/mol. The van der Waals surface area contributed by atoms with Crippen molar-refractivity contribution >= 4 is 90.7 Å². The second kappa shape index (κ2) is 38.5. The Morgan fingerprint density at radius 3 is 1.64 bits per heavy atom. The van der Waals surface area contributed by atoms with Gasteiger partial charge in [-0.2, -0.15) is 0 Å². The number of carbonyl (C=O) groups excluding carboxylic acids is 6. The molecule has 4 aliphatic rings. The number of nitrogens with one attached hydrogen (secondary N) is 8. The van der Waals surface area contributed by atoms with Crippen molar-refractivity contribution in [1.29, 1.82) is 0 Å². The van der Waals surface area contributed by atoms with E-state index < -0.39 is 29.0 Å². The molecule has 15 rings (SSSR count). The normalized spacial score (nSPS) is 15.4. The van der Waals surface area contributed by atoms with E-state index in [9.17, 15) is 28.8 Å². The number of ether oxygens (including phenoxy) is 1. The van der Waals surface area contributed by atoms with Crippen molar-refractivity contribution in [2.75, 3.05) is 69.5 Å². The number of likely N-dealkylation sites (tertiary alicyclic amines) is 2. The quantitative estimate of drug-likeness (QED) is 0.0280. The molecule has 4 aromatic carbocycles. The molecule has 4 fully saturated rings. The minimum Gasteiger partial charge on any atom is -0.457 e. The van der Waals surface area contributed by atoms with Crippen molar-refractivity contribution in [1.82, 2.24) is 77.2 Å². The summed E-state index contributed by atoms with van der Waals surface area (Å²) >= 11 is 0. The zero-order valence-corrected chi connectivity index (χ0v) is 63.7.